The van der Waals surface area contributed by atoms with Gasteiger partial charge in [0.1, 0.15) is 5.82 Å². The maximum atomic E-state index is 14.1. The zero-order chi connectivity index (χ0) is 18.8. The van der Waals surface area contributed by atoms with Gasteiger partial charge in [0.15, 0.2) is 0 Å². The summed E-state index contributed by atoms with van der Waals surface area (Å²) in [6.07, 6.45) is 1.66. The van der Waals surface area contributed by atoms with E-state index in [4.69, 9.17) is 16.7 Å². The van der Waals surface area contributed by atoms with Crippen LogP contribution in [-0.2, 0) is 0 Å². The van der Waals surface area contributed by atoms with Gasteiger partial charge in [-0.15, -0.1) is 0 Å². The Morgan fingerprint density at radius 1 is 1.31 bits per heavy atom. The van der Waals surface area contributed by atoms with E-state index in [2.05, 4.69) is 15.6 Å². The highest BCUT2D eigenvalue weighted by Gasteiger charge is 2.32. The molecule has 1 aromatic heterocycles. The summed E-state index contributed by atoms with van der Waals surface area (Å²) in [5.41, 5.74) is 0.558. The van der Waals surface area contributed by atoms with Gasteiger partial charge in [0, 0.05) is 22.9 Å². The van der Waals surface area contributed by atoms with Crippen LogP contribution >= 0.6 is 34.2 Å². The van der Waals surface area contributed by atoms with Crippen LogP contribution in [0.15, 0.2) is 30.6 Å². The average Bonchev–Trinajstić information content (AvgIpc) is 2.52. The normalized spacial score (nSPS) is 13.9. The molecular weight excluding hydrogens is 478 g/mol. The van der Waals surface area contributed by atoms with Gasteiger partial charge >= 0.3 is 6.09 Å². The second kappa shape index (κ2) is 7.62. The fourth-order valence-electron chi connectivity index (χ4n) is 2.48. The van der Waals surface area contributed by atoms with Crippen molar-refractivity contribution in [2.24, 2.45) is 0 Å². The van der Waals surface area contributed by atoms with E-state index in [1.807, 2.05) is 22.6 Å². The molecule has 3 rings (SSSR count). The van der Waals surface area contributed by atoms with Gasteiger partial charge in [-0.2, -0.15) is 0 Å². The zero-order valence-electron chi connectivity index (χ0n) is 13.2. The van der Waals surface area contributed by atoms with E-state index in [0.717, 1.165) is 3.57 Å². The van der Waals surface area contributed by atoms with Crippen LogP contribution in [0, 0.1) is 9.39 Å². The molecule has 3 N–H and O–H groups in total. The van der Waals surface area contributed by atoms with Crippen LogP contribution in [0.1, 0.15) is 10.4 Å². The van der Waals surface area contributed by atoms with Crippen molar-refractivity contribution in [1.82, 2.24) is 15.2 Å². The topological polar surface area (TPSA) is 94.6 Å². The summed E-state index contributed by atoms with van der Waals surface area (Å²) in [5.74, 6) is -0.958. The summed E-state index contributed by atoms with van der Waals surface area (Å²) >= 11 is 8.11. The molecule has 1 saturated heterocycles. The van der Waals surface area contributed by atoms with Crippen LogP contribution < -0.4 is 10.6 Å². The maximum absolute atomic E-state index is 14.1. The van der Waals surface area contributed by atoms with Gasteiger partial charge in [-0.1, -0.05) is 11.6 Å². The molecule has 2 heterocycles. The molecule has 0 bridgehead atoms. The number of likely N-dealkylation sites (tertiary alicyclic amines) is 1. The van der Waals surface area contributed by atoms with Gasteiger partial charge in [0.2, 0.25) is 0 Å². The summed E-state index contributed by atoms with van der Waals surface area (Å²) in [4.78, 5) is 28.5. The molecule has 26 heavy (non-hydrogen) atoms. The fourth-order valence-corrected chi connectivity index (χ4v) is 3.18. The molecule has 1 aliphatic heterocycles. The molecule has 2 amide bonds. The van der Waals surface area contributed by atoms with Crippen molar-refractivity contribution in [3.05, 3.63) is 50.6 Å². The van der Waals surface area contributed by atoms with Gasteiger partial charge < -0.3 is 20.6 Å². The number of benzene rings is 1. The highest BCUT2D eigenvalue weighted by molar-refractivity contribution is 14.1. The molecule has 136 valence electrons. The number of anilines is 2. The van der Waals surface area contributed by atoms with Crippen molar-refractivity contribution in [3.63, 3.8) is 0 Å². The Morgan fingerprint density at radius 2 is 2.04 bits per heavy atom. The monoisotopic (exact) mass is 490 g/mol. The lowest BCUT2D eigenvalue weighted by Gasteiger charge is -2.37. The van der Waals surface area contributed by atoms with Gasteiger partial charge in [0.25, 0.3) is 5.91 Å². The van der Waals surface area contributed by atoms with Crippen LogP contribution in [0.2, 0.25) is 5.02 Å². The number of aromatic nitrogens is 1. The van der Waals surface area contributed by atoms with Gasteiger partial charge in [-0.25, -0.2) is 9.18 Å². The van der Waals surface area contributed by atoms with Gasteiger partial charge in [0.05, 0.1) is 34.2 Å². The summed E-state index contributed by atoms with van der Waals surface area (Å²) in [6, 6.07) is 4.33. The number of hydrogen-bond acceptors (Lipinski definition) is 4. The Kier molecular flexibility index (Phi) is 5.47. The van der Waals surface area contributed by atoms with Gasteiger partial charge in [-0.3, -0.25) is 9.78 Å². The summed E-state index contributed by atoms with van der Waals surface area (Å²) < 4.78 is 14.8. The molecule has 0 atom stereocenters. The lowest BCUT2D eigenvalue weighted by Crippen LogP contribution is -2.60. The molecule has 1 aliphatic rings. The number of pyridine rings is 1. The average molecular weight is 491 g/mol. The predicted octanol–water partition coefficient (Wildman–Crippen LogP) is 3.31. The van der Waals surface area contributed by atoms with Crippen molar-refractivity contribution in [1.29, 1.82) is 0 Å². The zero-order valence-corrected chi connectivity index (χ0v) is 16.1. The number of hydrogen-bond donors (Lipinski definition) is 3. The third-order valence-electron chi connectivity index (χ3n) is 3.81. The van der Waals surface area contributed by atoms with Crippen LogP contribution in [-0.4, -0.2) is 46.1 Å². The van der Waals surface area contributed by atoms with E-state index in [9.17, 15) is 14.0 Å². The van der Waals surface area contributed by atoms with E-state index >= 15 is 0 Å². The highest BCUT2D eigenvalue weighted by atomic mass is 127. The van der Waals surface area contributed by atoms with Gasteiger partial charge in [-0.05, 0) is 40.8 Å². The third-order valence-corrected chi connectivity index (χ3v) is 4.77. The summed E-state index contributed by atoms with van der Waals surface area (Å²) in [6.45, 7) is 0.413. The summed E-state index contributed by atoms with van der Waals surface area (Å²) in [5, 5.41) is 14.5. The molecule has 1 fully saturated rings. The van der Waals surface area contributed by atoms with Crippen molar-refractivity contribution in [2.75, 3.05) is 18.4 Å². The molecule has 0 radical (unpaired) electrons. The minimum absolute atomic E-state index is 0.104. The van der Waals surface area contributed by atoms with E-state index in [0.29, 0.717) is 0 Å². The SMILES string of the molecule is O=C(NC1CN(C(=O)O)C1)c1c(Cl)cncc1Nc1ccc(I)cc1F. The fraction of sp³-hybridized carbons (Fsp3) is 0.188. The number of carboxylic acid groups (broad SMARTS) is 1. The Balaban J connectivity index is 1.79. The van der Waals surface area contributed by atoms with Crippen molar-refractivity contribution < 1.29 is 19.1 Å². The lowest BCUT2D eigenvalue weighted by molar-refractivity contribution is 0.0768. The Labute approximate surface area is 166 Å². The largest absolute Gasteiger partial charge is 0.465 e. The lowest BCUT2D eigenvalue weighted by atomic mass is 10.1. The first-order valence-electron chi connectivity index (χ1n) is 7.49. The van der Waals surface area contributed by atoms with E-state index in [-0.39, 0.29) is 41.1 Å². The number of halogens is 3. The number of nitrogens with zero attached hydrogens (tertiary/aromatic N) is 2. The van der Waals surface area contributed by atoms with E-state index < -0.39 is 17.8 Å². The molecule has 7 nitrogen and oxygen atoms in total. The molecular formula is C16H13ClFIN4O3. The molecule has 0 unspecified atom stereocenters. The molecule has 0 spiro atoms. The minimum Gasteiger partial charge on any atom is -0.465 e. The molecule has 1 aromatic carbocycles. The van der Waals surface area contributed by atoms with Crippen LogP contribution in [0.3, 0.4) is 0 Å². The van der Waals surface area contributed by atoms with Crippen molar-refractivity contribution in [2.45, 2.75) is 6.04 Å². The standard InChI is InChI=1S/C16H13ClFIN4O3/c17-10-4-20-5-13(22-12-2-1-8(19)3-11(12)18)14(10)15(24)21-9-6-23(7-9)16(25)26/h1-5,9,22H,6-7H2,(H,21,24)(H,25,26). The quantitative estimate of drug-likeness (QED) is 0.572. The Morgan fingerprint density at radius 3 is 2.69 bits per heavy atom. The third kappa shape index (κ3) is 3.98. The highest BCUT2D eigenvalue weighted by Crippen LogP contribution is 2.28. The number of amides is 2. The number of rotatable bonds is 4. The first-order chi connectivity index (χ1) is 12.3. The van der Waals surface area contributed by atoms with Crippen molar-refractivity contribution >= 4 is 57.6 Å². The smallest absolute Gasteiger partial charge is 0.407 e. The second-order valence-electron chi connectivity index (χ2n) is 5.65. The van der Waals surface area contributed by atoms with E-state index in [1.54, 1.807) is 12.1 Å². The second-order valence-corrected chi connectivity index (χ2v) is 7.30. The Bertz CT molecular complexity index is 877. The summed E-state index contributed by atoms with van der Waals surface area (Å²) in [7, 11) is 0. The van der Waals surface area contributed by atoms with Crippen LogP contribution in [0.4, 0.5) is 20.6 Å². The molecule has 0 saturated carbocycles. The van der Waals surface area contributed by atoms with Crippen LogP contribution in [0.5, 0.6) is 0 Å². The number of carbonyl (C=O) groups is 2. The first kappa shape index (κ1) is 18.6. The first-order valence-corrected chi connectivity index (χ1v) is 8.95. The van der Waals surface area contributed by atoms with E-state index in [1.165, 1.54) is 23.4 Å². The minimum atomic E-state index is -1.03. The number of nitrogens with one attached hydrogen (secondary N) is 2. The Hall–Kier alpha value is -2.14. The molecule has 2 aromatic rings. The maximum Gasteiger partial charge on any atom is 0.407 e. The predicted molar refractivity (Wildman–Crippen MR) is 102 cm³/mol. The number of carbonyl (C=O) groups excluding carboxylic acids is 1. The molecule has 0 aliphatic carbocycles. The van der Waals surface area contributed by atoms with Crippen LogP contribution in [0.25, 0.3) is 0 Å². The molecule has 10 heteroatoms. The van der Waals surface area contributed by atoms with Crippen molar-refractivity contribution in [3.8, 4) is 0 Å².